The van der Waals surface area contributed by atoms with Gasteiger partial charge in [-0.1, -0.05) is 29.8 Å². The van der Waals surface area contributed by atoms with E-state index in [4.69, 9.17) is 11.6 Å². The van der Waals surface area contributed by atoms with E-state index < -0.39 is 0 Å². The number of amides is 2. The molecule has 1 aromatic heterocycles. The molecule has 0 atom stereocenters. The smallest absolute Gasteiger partial charge is 0.259 e. The van der Waals surface area contributed by atoms with Crippen LogP contribution in [0.25, 0.3) is 5.69 Å². The Bertz CT molecular complexity index is 1080. The monoisotopic (exact) mass is 408 g/mol. The molecular weight excluding hydrogens is 388 g/mol. The lowest BCUT2D eigenvalue weighted by molar-refractivity contribution is -0.128. The number of hydrogen-bond donors (Lipinski definition) is 1. The number of rotatable bonds is 5. The summed E-state index contributed by atoms with van der Waals surface area (Å²) in [4.78, 5) is 26.5. The highest BCUT2D eigenvalue weighted by Crippen LogP contribution is 2.20. The quantitative estimate of drug-likeness (QED) is 0.687. The first-order valence-corrected chi connectivity index (χ1v) is 9.88. The third-order valence-corrected chi connectivity index (χ3v) is 5.27. The van der Waals surface area contributed by atoms with Crippen molar-refractivity contribution in [2.75, 3.05) is 11.9 Å². The lowest BCUT2D eigenvalue weighted by atomic mass is 10.1. The summed E-state index contributed by atoms with van der Waals surface area (Å²) in [6.07, 6.45) is 3.08. The van der Waals surface area contributed by atoms with E-state index in [-0.39, 0.29) is 11.8 Å². The molecule has 0 aliphatic carbocycles. The van der Waals surface area contributed by atoms with Gasteiger partial charge in [-0.25, -0.2) is 4.68 Å². The standard InChI is InChI=1S/C22H21ClN4O2/c1-15-20(13-24-27(15)19-8-3-6-17(23)12-19)22(29)25-18-7-2-5-16(11-18)14-26-10-4-9-21(26)28/h2-3,5-8,11-13H,4,9-10,14H2,1H3,(H,25,29). The predicted molar refractivity (Wildman–Crippen MR) is 112 cm³/mol. The zero-order chi connectivity index (χ0) is 20.4. The fourth-order valence-electron chi connectivity index (χ4n) is 3.54. The minimum atomic E-state index is -0.231. The topological polar surface area (TPSA) is 67.2 Å². The number of hydrogen-bond acceptors (Lipinski definition) is 3. The SMILES string of the molecule is Cc1c(C(=O)Nc2cccc(CN3CCCC3=O)c2)cnn1-c1cccc(Cl)c1. The summed E-state index contributed by atoms with van der Waals surface area (Å²) in [7, 11) is 0. The van der Waals surface area contributed by atoms with Crippen LogP contribution >= 0.6 is 11.6 Å². The van der Waals surface area contributed by atoms with Gasteiger partial charge in [-0.15, -0.1) is 0 Å². The van der Waals surface area contributed by atoms with Crippen molar-refractivity contribution >= 4 is 29.1 Å². The zero-order valence-corrected chi connectivity index (χ0v) is 16.8. The molecule has 1 N–H and O–H groups in total. The van der Waals surface area contributed by atoms with Crippen molar-refractivity contribution in [3.8, 4) is 5.69 Å². The van der Waals surface area contributed by atoms with Crippen molar-refractivity contribution in [3.05, 3.63) is 76.6 Å². The number of benzene rings is 2. The number of halogens is 1. The largest absolute Gasteiger partial charge is 0.338 e. The van der Waals surface area contributed by atoms with Gasteiger partial charge >= 0.3 is 0 Å². The summed E-state index contributed by atoms with van der Waals surface area (Å²) in [5, 5.41) is 7.88. The van der Waals surface area contributed by atoms with Crippen LogP contribution in [0.15, 0.2) is 54.7 Å². The number of aromatic nitrogens is 2. The molecule has 2 amide bonds. The summed E-state index contributed by atoms with van der Waals surface area (Å²) < 4.78 is 1.69. The van der Waals surface area contributed by atoms with Crippen molar-refractivity contribution < 1.29 is 9.59 Å². The highest BCUT2D eigenvalue weighted by Gasteiger charge is 2.20. The molecule has 1 aliphatic heterocycles. The van der Waals surface area contributed by atoms with Gasteiger partial charge < -0.3 is 10.2 Å². The fraction of sp³-hybridized carbons (Fsp3) is 0.227. The van der Waals surface area contributed by atoms with Gasteiger partial charge in [0.15, 0.2) is 0 Å². The van der Waals surface area contributed by atoms with Gasteiger partial charge in [0.1, 0.15) is 0 Å². The molecule has 0 saturated carbocycles. The van der Waals surface area contributed by atoms with Crippen LogP contribution < -0.4 is 5.32 Å². The lowest BCUT2D eigenvalue weighted by Gasteiger charge is -2.16. The molecule has 1 fully saturated rings. The van der Waals surface area contributed by atoms with E-state index in [1.807, 2.05) is 48.2 Å². The van der Waals surface area contributed by atoms with Crippen LogP contribution in [0.5, 0.6) is 0 Å². The van der Waals surface area contributed by atoms with Gasteiger partial charge in [0, 0.05) is 30.2 Å². The number of likely N-dealkylation sites (tertiary alicyclic amines) is 1. The van der Waals surface area contributed by atoms with Crippen molar-refractivity contribution in [1.82, 2.24) is 14.7 Å². The molecule has 148 valence electrons. The lowest BCUT2D eigenvalue weighted by Crippen LogP contribution is -2.23. The van der Waals surface area contributed by atoms with E-state index in [1.165, 1.54) is 0 Å². The Hall–Kier alpha value is -3.12. The van der Waals surface area contributed by atoms with Gasteiger partial charge in [0.2, 0.25) is 5.91 Å². The Morgan fingerprint density at radius 3 is 2.79 bits per heavy atom. The first-order chi connectivity index (χ1) is 14.0. The maximum Gasteiger partial charge on any atom is 0.259 e. The molecule has 0 unspecified atom stereocenters. The maximum absolute atomic E-state index is 12.8. The molecule has 3 aromatic rings. The first-order valence-electron chi connectivity index (χ1n) is 9.50. The zero-order valence-electron chi connectivity index (χ0n) is 16.1. The molecule has 2 heterocycles. The van der Waals surface area contributed by atoms with E-state index in [2.05, 4.69) is 10.4 Å². The predicted octanol–water partition coefficient (Wildman–Crippen LogP) is 4.21. The Kier molecular flexibility index (Phi) is 5.36. The fourth-order valence-corrected chi connectivity index (χ4v) is 3.72. The Labute approximate surface area is 174 Å². The van der Waals surface area contributed by atoms with Gasteiger partial charge in [-0.2, -0.15) is 5.10 Å². The highest BCUT2D eigenvalue weighted by molar-refractivity contribution is 6.30. The minimum Gasteiger partial charge on any atom is -0.338 e. The molecule has 2 aromatic carbocycles. The molecule has 0 radical (unpaired) electrons. The molecule has 0 spiro atoms. The molecule has 4 rings (SSSR count). The van der Waals surface area contributed by atoms with E-state index >= 15 is 0 Å². The second-order valence-electron chi connectivity index (χ2n) is 7.11. The molecule has 6 nitrogen and oxygen atoms in total. The van der Waals surface area contributed by atoms with Gasteiger partial charge in [0.05, 0.1) is 23.1 Å². The van der Waals surface area contributed by atoms with E-state index in [1.54, 1.807) is 23.0 Å². The van der Waals surface area contributed by atoms with Crippen molar-refractivity contribution in [3.63, 3.8) is 0 Å². The number of carbonyl (C=O) groups excluding carboxylic acids is 2. The summed E-state index contributed by atoms with van der Waals surface area (Å²) in [6.45, 7) is 3.20. The Balaban J connectivity index is 1.50. The third-order valence-electron chi connectivity index (χ3n) is 5.04. The van der Waals surface area contributed by atoms with Gasteiger partial charge in [-0.3, -0.25) is 9.59 Å². The molecule has 0 bridgehead atoms. The van der Waals surface area contributed by atoms with Crippen LogP contribution in [0.3, 0.4) is 0 Å². The molecule has 1 aliphatic rings. The van der Waals surface area contributed by atoms with Crippen LogP contribution in [-0.2, 0) is 11.3 Å². The highest BCUT2D eigenvalue weighted by atomic mass is 35.5. The third kappa shape index (κ3) is 4.17. The first kappa shape index (κ1) is 19.2. The number of carbonyl (C=O) groups is 2. The van der Waals surface area contributed by atoms with Gasteiger partial charge in [0.25, 0.3) is 5.91 Å². The average Bonchev–Trinajstić information content (AvgIpc) is 3.28. The van der Waals surface area contributed by atoms with Crippen LogP contribution in [0.2, 0.25) is 5.02 Å². The summed E-state index contributed by atoms with van der Waals surface area (Å²) in [5.41, 5.74) is 3.69. The molecule has 7 heteroatoms. The van der Waals surface area contributed by atoms with Gasteiger partial charge in [-0.05, 0) is 49.2 Å². The van der Waals surface area contributed by atoms with Crippen molar-refractivity contribution in [2.45, 2.75) is 26.3 Å². The number of nitrogens with zero attached hydrogens (tertiary/aromatic N) is 3. The van der Waals surface area contributed by atoms with E-state index in [9.17, 15) is 9.59 Å². The van der Waals surface area contributed by atoms with E-state index in [0.717, 1.165) is 29.9 Å². The van der Waals surface area contributed by atoms with Crippen LogP contribution in [-0.4, -0.2) is 33.0 Å². The molecule has 29 heavy (non-hydrogen) atoms. The second kappa shape index (κ2) is 8.09. The van der Waals surface area contributed by atoms with Crippen LogP contribution in [0.4, 0.5) is 5.69 Å². The normalized spacial score (nSPS) is 13.7. The molecule has 1 saturated heterocycles. The summed E-state index contributed by atoms with van der Waals surface area (Å²) in [5.74, 6) is -0.0475. The molecular formula is C22H21ClN4O2. The summed E-state index contributed by atoms with van der Waals surface area (Å²) >= 11 is 6.06. The summed E-state index contributed by atoms with van der Waals surface area (Å²) in [6, 6.07) is 14.9. The van der Waals surface area contributed by atoms with Crippen molar-refractivity contribution in [1.29, 1.82) is 0 Å². The number of anilines is 1. The maximum atomic E-state index is 12.8. The minimum absolute atomic E-state index is 0.184. The van der Waals surface area contributed by atoms with E-state index in [0.29, 0.717) is 29.2 Å². The van der Waals surface area contributed by atoms with Crippen LogP contribution in [0, 0.1) is 6.92 Å². The average molecular weight is 409 g/mol. The Morgan fingerprint density at radius 1 is 1.21 bits per heavy atom. The Morgan fingerprint density at radius 2 is 2.03 bits per heavy atom. The second-order valence-corrected chi connectivity index (χ2v) is 7.55. The van der Waals surface area contributed by atoms with Crippen molar-refractivity contribution in [2.24, 2.45) is 0 Å². The van der Waals surface area contributed by atoms with Crippen LogP contribution in [0.1, 0.15) is 34.5 Å². The number of nitrogens with one attached hydrogen (secondary N) is 1.